The van der Waals surface area contributed by atoms with E-state index in [0.717, 1.165) is 32.2 Å². The summed E-state index contributed by atoms with van der Waals surface area (Å²) in [5.41, 5.74) is 0. The first-order valence-corrected chi connectivity index (χ1v) is 9.12. The summed E-state index contributed by atoms with van der Waals surface area (Å²) in [7, 11) is -2.90. The number of rotatable bonds is 8. The van der Waals surface area contributed by atoms with Gasteiger partial charge in [0.1, 0.15) is 0 Å². The van der Waals surface area contributed by atoms with E-state index in [2.05, 4.69) is 19.2 Å². The van der Waals surface area contributed by atoms with Crippen molar-refractivity contribution in [1.29, 1.82) is 0 Å². The SMILES string of the molecule is CCCNC(C)CC(C)S(=O)(=O)CC1CCCC1. The Bertz CT molecular complexity index is 321. The highest BCUT2D eigenvalue weighted by Crippen LogP contribution is 2.27. The Morgan fingerprint density at radius 3 is 2.39 bits per heavy atom. The zero-order valence-corrected chi connectivity index (χ0v) is 12.9. The first-order chi connectivity index (χ1) is 8.45. The van der Waals surface area contributed by atoms with Gasteiger partial charge >= 0.3 is 0 Å². The van der Waals surface area contributed by atoms with Crippen molar-refractivity contribution >= 4 is 9.84 Å². The summed E-state index contributed by atoms with van der Waals surface area (Å²) >= 11 is 0. The fourth-order valence-electron chi connectivity index (χ4n) is 2.79. The van der Waals surface area contributed by atoms with E-state index in [0.29, 0.717) is 17.7 Å². The third-order valence-electron chi connectivity index (χ3n) is 3.98. The average Bonchev–Trinajstić information content (AvgIpc) is 2.78. The fraction of sp³-hybridized carbons (Fsp3) is 1.00. The molecular formula is C14H29NO2S. The molecule has 1 aliphatic carbocycles. The summed E-state index contributed by atoms with van der Waals surface area (Å²) in [6.07, 6.45) is 6.46. The van der Waals surface area contributed by atoms with Gasteiger partial charge in [-0.05, 0) is 52.0 Å². The molecule has 108 valence electrons. The van der Waals surface area contributed by atoms with Crippen molar-refractivity contribution in [2.45, 2.75) is 70.6 Å². The van der Waals surface area contributed by atoms with E-state index in [-0.39, 0.29) is 5.25 Å². The molecule has 0 spiro atoms. The molecule has 0 aromatic rings. The highest BCUT2D eigenvalue weighted by Gasteiger charge is 2.27. The maximum absolute atomic E-state index is 12.3. The highest BCUT2D eigenvalue weighted by molar-refractivity contribution is 7.92. The van der Waals surface area contributed by atoms with E-state index in [1.807, 2.05) is 6.92 Å². The molecule has 0 aromatic heterocycles. The van der Waals surface area contributed by atoms with Gasteiger partial charge in [-0.3, -0.25) is 0 Å². The van der Waals surface area contributed by atoms with Crippen molar-refractivity contribution in [2.24, 2.45) is 5.92 Å². The van der Waals surface area contributed by atoms with Gasteiger partial charge in [0.15, 0.2) is 9.84 Å². The summed E-state index contributed by atoms with van der Waals surface area (Å²) in [4.78, 5) is 0. The molecule has 0 saturated heterocycles. The van der Waals surface area contributed by atoms with Crippen molar-refractivity contribution in [3.63, 3.8) is 0 Å². The molecule has 0 aliphatic heterocycles. The monoisotopic (exact) mass is 275 g/mol. The van der Waals surface area contributed by atoms with Crippen molar-refractivity contribution in [1.82, 2.24) is 5.32 Å². The summed E-state index contributed by atoms with van der Waals surface area (Å²) in [6.45, 7) is 7.04. The lowest BCUT2D eigenvalue weighted by atomic mass is 10.1. The minimum Gasteiger partial charge on any atom is -0.314 e. The lowest BCUT2D eigenvalue weighted by Crippen LogP contribution is -2.34. The topological polar surface area (TPSA) is 46.2 Å². The Balaban J connectivity index is 2.40. The molecule has 0 radical (unpaired) electrons. The van der Waals surface area contributed by atoms with Gasteiger partial charge in [-0.25, -0.2) is 8.42 Å². The van der Waals surface area contributed by atoms with Crippen LogP contribution in [0.4, 0.5) is 0 Å². The molecule has 0 bridgehead atoms. The van der Waals surface area contributed by atoms with E-state index >= 15 is 0 Å². The van der Waals surface area contributed by atoms with Gasteiger partial charge in [-0.15, -0.1) is 0 Å². The predicted molar refractivity (Wildman–Crippen MR) is 77.6 cm³/mol. The van der Waals surface area contributed by atoms with Gasteiger partial charge in [-0.1, -0.05) is 19.8 Å². The Labute approximate surface area is 113 Å². The van der Waals surface area contributed by atoms with Gasteiger partial charge in [-0.2, -0.15) is 0 Å². The largest absolute Gasteiger partial charge is 0.314 e. The predicted octanol–water partition coefficient (Wildman–Crippen LogP) is 2.76. The first kappa shape index (κ1) is 16.0. The third kappa shape index (κ3) is 5.27. The molecule has 3 nitrogen and oxygen atoms in total. The molecule has 0 aromatic carbocycles. The zero-order valence-electron chi connectivity index (χ0n) is 12.1. The van der Waals surface area contributed by atoms with Crippen molar-refractivity contribution in [2.75, 3.05) is 12.3 Å². The van der Waals surface area contributed by atoms with Crippen LogP contribution in [0.5, 0.6) is 0 Å². The lowest BCUT2D eigenvalue weighted by Gasteiger charge is -2.20. The summed E-state index contributed by atoms with van der Waals surface area (Å²) in [5, 5.41) is 3.15. The van der Waals surface area contributed by atoms with Crippen molar-refractivity contribution in [3.8, 4) is 0 Å². The van der Waals surface area contributed by atoms with Crippen LogP contribution < -0.4 is 5.32 Å². The normalized spacial score (nSPS) is 21.1. The Hall–Kier alpha value is -0.0900. The molecule has 0 heterocycles. The molecule has 1 N–H and O–H groups in total. The molecule has 1 fully saturated rings. The zero-order chi connectivity index (χ0) is 13.6. The Kier molecular flexibility index (Phi) is 6.64. The van der Waals surface area contributed by atoms with Crippen LogP contribution in [-0.4, -0.2) is 32.0 Å². The number of sulfone groups is 1. The number of hydrogen-bond acceptors (Lipinski definition) is 3. The van der Waals surface area contributed by atoms with E-state index in [9.17, 15) is 8.42 Å². The summed E-state index contributed by atoms with van der Waals surface area (Å²) < 4.78 is 24.5. The van der Waals surface area contributed by atoms with Crippen molar-refractivity contribution in [3.05, 3.63) is 0 Å². The van der Waals surface area contributed by atoms with Crippen LogP contribution in [-0.2, 0) is 9.84 Å². The standard InChI is InChI=1S/C14H29NO2S/c1-4-9-15-12(2)10-13(3)18(16,17)11-14-7-5-6-8-14/h12-15H,4-11H2,1-3H3. The van der Waals surface area contributed by atoms with Crippen LogP contribution in [0.2, 0.25) is 0 Å². The summed E-state index contributed by atoms with van der Waals surface area (Å²) in [5.74, 6) is 0.839. The average molecular weight is 275 g/mol. The molecule has 4 heteroatoms. The van der Waals surface area contributed by atoms with E-state index < -0.39 is 9.84 Å². The van der Waals surface area contributed by atoms with Crippen molar-refractivity contribution < 1.29 is 8.42 Å². The molecule has 2 atom stereocenters. The van der Waals surface area contributed by atoms with Crippen LogP contribution in [0, 0.1) is 5.92 Å². The second kappa shape index (κ2) is 7.49. The minimum atomic E-state index is -2.90. The van der Waals surface area contributed by atoms with Gasteiger partial charge in [0.2, 0.25) is 0 Å². The quantitative estimate of drug-likeness (QED) is 0.741. The second-order valence-corrected chi connectivity index (χ2v) is 8.35. The number of nitrogens with one attached hydrogen (secondary N) is 1. The minimum absolute atomic E-state index is 0.211. The molecule has 1 aliphatic rings. The van der Waals surface area contributed by atoms with Gasteiger partial charge < -0.3 is 5.32 Å². The van der Waals surface area contributed by atoms with Gasteiger partial charge in [0, 0.05) is 6.04 Å². The Morgan fingerprint density at radius 2 is 1.83 bits per heavy atom. The van der Waals surface area contributed by atoms with Gasteiger partial charge in [0.05, 0.1) is 11.0 Å². The highest BCUT2D eigenvalue weighted by atomic mass is 32.2. The maximum atomic E-state index is 12.3. The van der Waals surface area contributed by atoms with Crippen LogP contribution >= 0.6 is 0 Å². The molecule has 2 unspecified atom stereocenters. The van der Waals surface area contributed by atoms with Crippen LogP contribution in [0.15, 0.2) is 0 Å². The van der Waals surface area contributed by atoms with Crippen LogP contribution in [0.3, 0.4) is 0 Å². The first-order valence-electron chi connectivity index (χ1n) is 7.40. The Morgan fingerprint density at radius 1 is 1.22 bits per heavy atom. The molecule has 1 rings (SSSR count). The van der Waals surface area contributed by atoms with E-state index in [1.54, 1.807) is 0 Å². The van der Waals surface area contributed by atoms with Gasteiger partial charge in [0.25, 0.3) is 0 Å². The third-order valence-corrected chi connectivity index (χ3v) is 6.34. The number of hydrogen-bond donors (Lipinski definition) is 1. The molecule has 1 saturated carbocycles. The molecule has 18 heavy (non-hydrogen) atoms. The van der Waals surface area contributed by atoms with E-state index in [1.165, 1.54) is 12.8 Å². The lowest BCUT2D eigenvalue weighted by molar-refractivity contribution is 0.491. The molecular weight excluding hydrogens is 246 g/mol. The summed E-state index contributed by atoms with van der Waals surface area (Å²) in [6, 6.07) is 0.290. The maximum Gasteiger partial charge on any atom is 0.153 e. The fourth-order valence-corrected chi connectivity index (χ4v) is 4.69. The second-order valence-electron chi connectivity index (χ2n) is 5.88. The smallest absolute Gasteiger partial charge is 0.153 e. The van der Waals surface area contributed by atoms with Crippen LogP contribution in [0.25, 0.3) is 0 Å². The molecule has 0 amide bonds. The van der Waals surface area contributed by atoms with Crippen LogP contribution in [0.1, 0.15) is 59.3 Å². The van der Waals surface area contributed by atoms with E-state index in [4.69, 9.17) is 0 Å².